The molecule has 0 bridgehead atoms. The quantitative estimate of drug-likeness (QED) is 0.789. The summed E-state index contributed by atoms with van der Waals surface area (Å²) in [5, 5.41) is 5.35. The molecule has 4 heteroatoms. The van der Waals surface area contributed by atoms with Gasteiger partial charge in [-0.25, -0.2) is 4.68 Å². The summed E-state index contributed by atoms with van der Waals surface area (Å²) in [6.07, 6.45) is 7.44. The Morgan fingerprint density at radius 3 is 2.75 bits per heavy atom. The molecule has 0 spiro atoms. The van der Waals surface area contributed by atoms with E-state index in [0.717, 1.165) is 36.1 Å². The lowest BCUT2D eigenvalue weighted by Gasteiger charge is -2.06. The third-order valence-corrected chi connectivity index (χ3v) is 4.47. The van der Waals surface area contributed by atoms with E-state index in [1.54, 1.807) is 4.68 Å². The highest BCUT2D eigenvalue weighted by Gasteiger charge is 2.23. The minimum Gasteiger partial charge on any atom is -0.298 e. The fraction of sp³-hybridized carbons (Fsp3) is 0.375. The van der Waals surface area contributed by atoms with Crippen molar-refractivity contribution in [2.45, 2.75) is 38.5 Å². The van der Waals surface area contributed by atoms with Gasteiger partial charge in [0, 0.05) is 17.1 Å². The van der Waals surface area contributed by atoms with Crippen LogP contribution in [0.15, 0.2) is 24.4 Å². The van der Waals surface area contributed by atoms with Crippen LogP contribution >= 0.6 is 11.6 Å². The summed E-state index contributed by atoms with van der Waals surface area (Å²) in [6, 6.07) is 5.83. The minimum atomic E-state index is 0.428. The highest BCUT2D eigenvalue weighted by molar-refractivity contribution is 6.31. The van der Waals surface area contributed by atoms with Crippen molar-refractivity contribution in [3.05, 3.63) is 46.2 Å². The number of halogens is 1. The molecule has 3 nitrogen and oxygen atoms in total. The number of hydrogen-bond donors (Lipinski definition) is 0. The van der Waals surface area contributed by atoms with Crippen LogP contribution in [0.4, 0.5) is 0 Å². The fourth-order valence-electron chi connectivity index (χ4n) is 2.86. The topological polar surface area (TPSA) is 34.9 Å². The van der Waals surface area contributed by atoms with Gasteiger partial charge in [0.25, 0.3) is 0 Å². The van der Waals surface area contributed by atoms with E-state index in [1.807, 2.05) is 31.3 Å². The zero-order valence-electron chi connectivity index (χ0n) is 11.5. The molecular formula is C16H17ClN2O. The molecule has 0 amide bonds. The van der Waals surface area contributed by atoms with E-state index < -0.39 is 0 Å². The molecule has 0 aliphatic heterocycles. The Bertz CT molecular complexity index is 642. The smallest absolute Gasteiger partial charge is 0.153 e. The third-order valence-electron chi connectivity index (χ3n) is 4.06. The largest absolute Gasteiger partial charge is 0.298 e. The van der Waals surface area contributed by atoms with Gasteiger partial charge in [-0.3, -0.25) is 4.79 Å². The zero-order chi connectivity index (χ0) is 14.1. The fourth-order valence-corrected chi connectivity index (χ4v) is 3.04. The molecule has 0 unspecified atom stereocenters. The second-order valence-corrected chi connectivity index (χ2v) is 5.85. The van der Waals surface area contributed by atoms with Crippen LogP contribution in [0.3, 0.4) is 0 Å². The molecule has 1 aliphatic carbocycles. The predicted octanol–water partition coefficient (Wildman–Crippen LogP) is 4.30. The molecule has 0 atom stereocenters. The van der Waals surface area contributed by atoms with Crippen LogP contribution in [0.5, 0.6) is 0 Å². The number of aldehydes is 1. The van der Waals surface area contributed by atoms with Crippen molar-refractivity contribution in [2.24, 2.45) is 0 Å². The number of carbonyl (C=O) groups is 1. The second kappa shape index (κ2) is 5.41. The van der Waals surface area contributed by atoms with E-state index >= 15 is 0 Å². The van der Waals surface area contributed by atoms with Gasteiger partial charge in [0.05, 0.1) is 16.9 Å². The van der Waals surface area contributed by atoms with Crippen LogP contribution in [0.25, 0.3) is 5.69 Å². The molecule has 1 aromatic heterocycles. The van der Waals surface area contributed by atoms with Gasteiger partial charge in [-0.05, 0) is 37.5 Å². The maximum Gasteiger partial charge on any atom is 0.153 e. The van der Waals surface area contributed by atoms with Gasteiger partial charge < -0.3 is 0 Å². The Morgan fingerprint density at radius 1 is 1.35 bits per heavy atom. The Hall–Kier alpha value is -1.61. The summed E-state index contributed by atoms with van der Waals surface area (Å²) in [6.45, 7) is 1.97. The molecule has 0 saturated heterocycles. The number of aromatic nitrogens is 2. The van der Waals surface area contributed by atoms with Gasteiger partial charge >= 0.3 is 0 Å². The van der Waals surface area contributed by atoms with Crippen molar-refractivity contribution in [3.63, 3.8) is 0 Å². The van der Waals surface area contributed by atoms with Crippen molar-refractivity contribution in [1.29, 1.82) is 0 Å². The van der Waals surface area contributed by atoms with Gasteiger partial charge in [-0.15, -0.1) is 0 Å². The average Bonchev–Trinajstić information content (AvgIpc) is 3.09. The highest BCUT2D eigenvalue weighted by Crippen LogP contribution is 2.35. The normalized spacial score (nSPS) is 15.7. The number of aryl methyl sites for hydroxylation is 1. The second-order valence-electron chi connectivity index (χ2n) is 5.45. The van der Waals surface area contributed by atoms with Crippen molar-refractivity contribution >= 4 is 17.9 Å². The standard InChI is InChI=1S/C16H17ClN2O/c1-11-6-7-14(8-15(11)17)19-9-13(10-20)16(18-19)12-4-2-3-5-12/h6-10,12H,2-5H2,1H3. The lowest BCUT2D eigenvalue weighted by atomic mass is 10.0. The zero-order valence-corrected chi connectivity index (χ0v) is 12.2. The van der Waals surface area contributed by atoms with Crippen molar-refractivity contribution in [1.82, 2.24) is 9.78 Å². The monoisotopic (exact) mass is 288 g/mol. The summed E-state index contributed by atoms with van der Waals surface area (Å²) in [4.78, 5) is 11.3. The maximum absolute atomic E-state index is 11.3. The molecule has 0 N–H and O–H groups in total. The first-order valence-corrected chi connectivity index (χ1v) is 7.38. The molecule has 1 fully saturated rings. The van der Waals surface area contributed by atoms with E-state index in [0.29, 0.717) is 16.5 Å². The first-order valence-electron chi connectivity index (χ1n) is 7.00. The first kappa shape index (κ1) is 13.4. The third kappa shape index (κ3) is 2.38. The molecule has 2 aromatic rings. The minimum absolute atomic E-state index is 0.428. The first-order chi connectivity index (χ1) is 9.69. The van der Waals surface area contributed by atoms with E-state index in [1.165, 1.54) is 12.8 Å². The van der Waals surface area contributed by atoms with E-state index in [2.05, 4.69) is 5.10 Å². The summed E-state index contributed by atoms with van der Waals surface area (Å²) in [5.74, 6) is 0.428. The summed E-state index contributed by atoms with van der Waals surface area (Å²) in [7, 11) is 0. The number of benzene rings is 1. The predicted molar refractivity (Wildman–Crippen MR) is 79.9 cm³/mol. The number of carbonyl (C=O) groups excluding carboxylic acids is 1. The summed E-state index contributed by atoms with van der Waals surface area (Å²) in [5.41, 5.74) is 3.57. The number of nitrogens with zero attached hydrogens (tertiary/aromatic N) is 2. The molecule has 3 rings (SSSR count). The SMILES string of the molecule is Cc1ccc(-n2cc(C=O)c(C3CCCC3)n2)cc1Cl. The molecule has 1 saturated carbocycles. The van der Waals surface area contributed by atoms with Crippen LogP contribution in [-0.4, -0.2) is 16.1 Å². The van der Waals surface area contributed by atoms with Crippen LogP contribution in [0.1, 0.15) is 53.2 Å². The Kier molecular flexibility index (Phi) is 3.62. The molecule has 104 valence electrons. The van der Waals surface area contributed by atoms with Crippen LogP contribution in [0.2, 0.25) is 5.02 Å². The number of rotatable bonds is 3. The summed E-state index contributed by atoms with van der Waals surface area (Å²) >= 11 is 6.16. The Morgan fingerprint density at radius 2 is 2.10 bits per heavy atom. The molecule has 0 radical (unpaired) electrons. The summed E-state index contributed by atoms with van der Waals surface area (Å²) < 4.78 is 1.77. The maximum atomic E-state index is 11.3. The van der Waals surface area contributed by atoms with Gasteiger partial charge in [0.2, 0.25) is 0 Å². The van der Waals surface area contributed by atoms with Crippen LogP contribution < -0.4 is 0 Å². The lowest BCUT2D eigenvalue weighted by Crippen LogP contribution is -2.00. The van der Waals surface area contributed by atoms with Crippen LogP contribution in [0, 0.1) is 6.92 Å². The van der Waals surface area contributed by atoms with Gasteiger partial charge in [-0.1, -0.05) is 30.5 Å². The van der Waals surface area contributed by atoms with Crippen molar-refractivity contribution in [2.75, 3.05) is 0 Å². The average molecular weight is 289 g/mol. The van der Waals surface area contributed by atoms with Gasteiger partial charge in [0.15, 0.2) is 6.29 Å². The van der Waals surface area contributed by atoms with Crippen LogP contribution in [-0.2, 0) is 0 Å². The highest BCUT2D eigenvalue weighted by atomic mass is 35.5. The molecule has 20 heavy (non-hydrogen) atoms. The van der Waals surface area contributed by atoms with E-state index in [4.69, 9.17) is 11.6 Å². The van der Waals surface area contributed by atoms with E-state index in [-0.39, 0.29) is 0 Å². The van der Waals surface area contributed by atoms with Gasteiger partial charge in [-0.2, -0.15) is 5.10 Å². The number of hydrogen-bond acceptors (Lipinski definition) is 2. The Labute approximate surface area is 123 Å². The lowest BCUT2D eigenvalue weighted by molar-refractivity contribution is 0.112. The molecule has 1 aromatic carbocycles. The molecule has 1 heterocycles. The Balaban J connectivity index is 2.01. The van der Waals surface area contributed by atoms with Crippen molar-refractivity contribution < 1.29 is 4.79 Å². The van der Waals surface area contributed by atoms with Crippen molar-refractivity contribution in [3.8, 4) is 5.69 Å². The van der Waals surface area contributed by atoms with E-state index in [9.17, 15) is 4.79 Å². The van der Waals surface area contributed by atoms with Gasteiger partial charge in [0.1, 0.15) is 0 Å². The molecular weight excluding hydrogens is 272 g/mol. The molecule has 1 aliphatic rings.